The van der Waals surface area contributed by atoms with Crippen LogP contribution in [0.5, 0.6) is 0 Å². The molecule has 1 aliphatic carbocycles. The van der Waals surface area contributed by atoms with E-state index in [9.17, 15) is 4.79 Å². The second-order valence-corrected chi connectivity index (χ2v) is 8.86. The summed E-state index contributed by atoms with van der Waals surface area (Å²) in [6, 6.07) is 15.9. The summed E-state index contributed by atoms with van der Waals surface area (Å²) >= 11 is 1.62. The monoisotopic (exact) mass is 404 g/mol. The maximum absolute atomic E-state index is 12.8. The number of hydrogen-bond donors (Lipinski definition) is 1. The molecule has 0 spiro atoms. The summed E-state index contributed by atoms with van der Waals surface area (Å²) in [7, 11) is 0. The lowest BCUT2D eigenvalue weighted by atomic mass is 10.00. The Hall–Kier alpha value is -2.73. The molecule has 4 atom stereocenters. The zero-order chi connectivity index (χ0) is 19.8. The molecule has 1 saturated carbocycles. The van der Waals surface area contributed by atoms with Gasteiger partial charge in [-0.2, -0.15) is 0 Å². The van der Waals surface area contributed by atoms with Crippen molar-refractivity contribution in [1.82, 2.24) is 14.9 Å². The Bertz CT molecular complexity index is 978. The van der Waals surface area contributed by atoms with E-state index in [1.54, 1.807) is 17.5 Å². The largest absolute Gasteiger partial charge is 0.361 e. The predicted molar refractivity (Wildman–Crippen MR) is 116 cm³/mol. The number of rotatable bonds is 6. The fourth-order valence-electron chi connectivity index (χ4n) is 4.48. The number of amides is 1. The number of benzene rings is 1. The molecule has 0 radical (unpaired) electrons. The highest BCUT2D eigenvalue weighted by Crippen LogP contribution is 2.52. The Morgan fingerprint density at radius 1 is 1.14 bits per heavy atom. The first-order chi connectivity index (χ1) is 14.2. The smallest absolute Gasteiger partial charge is 0.229 e. The number of nitrogens with zero attached hydrogens (tertiary/aromatic N) is 3. The van der Waals surface area contributed by atoms with Gasteiger partial charge in [-0.1, -0.05) is 36.4 Å². The van der Waals surface area contributed by atoms with Crippen molar-refractivity contribution in [1.29, 1.82) is 0 Å². The van der Waals surface area contributed by atoms with Gasteiger partial charge in [0.1, 0.15) is 5.69 Å². The van der Waals surface area contributed by atoms with Crippen LogP contribution in [0.2, 0.25) is 0 Å². The number of hydrogen-bond acceptors (Lipinski definition) is 5. The molecular formula is C23H24N4OS. The van der Waals surface area contributed by atoms with E-state index < -0.39 is 0 Å². The SMILES string of the molecule is CC(C(=O)N1C[C@@H]2C(CNc3nc(-c4ccccn4)cs3)[C@@H]2C1)c1ccccc1. The van der Waals surface area contributed by atoms with Gasteiger partial charge in [-0.15, -0.1) is 11.3 Å². The summed E-state index contributed by atoms with van der Waals surface area (Å²) in [5.74, 6) is 2.10. The van der Waals surface area contributed by atoms with Gasteiger partial charge >= 0.3 is 0 Å². The van der Waals surface area contributed by atoms with Crippen LogP contribution < -0.4 is 5.32 Å². The minimum absolute atomic E-state index is 0.0642. The van der Waals surface area contributed by atoms with Crippen molar-refractivity contribution in [2.75, 3.05) is 25.0 Å². The molecule has 3 heterocycles. The van der Waals surface area contributed by atoms with Crippen LogP contribution in [0.1, 0.15) is 18.4 Å². The molecule has 2 unspecified atom stereocenters. The van der Waals surface area contributed by atoms with Crippen molar-refractivity contribution in [3.63, 3.8) is 0 Å². The molecule has 2 aliphatic rings. The van der Waals surface area contributed by atoms with Crippen molar-refractivity contribution >= 4 is 22.4 Å². The third-order valence-electron chi connectivity index (χ3n) is 6.27. The Morgan fingerprint density at radius 2 is 1.90 bits per heavy atom. The van der Waals surface area contributed by atoms with Gasteiger partial charge in [-0.05, 0) is 42.4 Å². The van der Waals surface area contributed by atoms with E-state index in [0.717, 1.165) is 41.7 Å². The molecule has 29 heavy (non-hydrogen) atoms. The highest BCUT2D eigenvalue weighted by molar-refractivity contribution is 7.14. The van der Waals surface area contributed by atoms with Crippen LogP contribution in [0, 0.1) is 17.8 Å². The minimum atomic E-state index is -0.0642. The van der Waals surface area contributed by atoms with E-state index in [1.165, 1.54) is 0 Å². The highest BCUT2D eigenvalue weighted by Gasteiger charge is 2.56. The maximum atomic E-state index is 12.8. The van der Waals surface area contributed by atoms with Crippen LogP contribution in [-0.4, -0.2) is 40.4 Å². The Balaban J connectivity index is 1.12. The average Bonchev–Trinajstić information content (AvgIpc) is 3.14. The van der Waals surface area contributed by atoms with E-state index in [2.05, 4.69) is 20.2 Å². The van der Waals surface area contributed by atoms with Crippen LogP contribution in [-0.2, 0) is 4.79 Å². The summed E-state index contributed by atoms with van der Waals surface area (Å²) in [6.45, 7) is 4.73. The zero-order valence-electron chi connectivity index (χ0n) is 16.4. The van der Waals surface area contributed by atoms with Gasteiger partial charge in [-0.3, -0.25) is 9.78 Å². The second-order valence-electron chi connectivity index (χ2n) is 8.00. The third-order valence-corrected chi connectivity index (χ3v) is 7.07. The lowest BCUT2D eigenvalue weighted by Gasteiger charge is -2.24. The molecule has 1 aromatic carbocycles. The normalized spacial score (nSPS) is 23.5. The summed E-state index contributed by atoms with van der Waals surface area (Å²) in [5.41, 5.74) is 2.92. The van der Waals surface area contributed by atoms with Crippen molar-refractivity contribution in [3.8, 4) is 11.4 Å². The molecule has 5 rings (SSSR count). The predicted octanol–water partition coefficient (Wildman–Crippen LogP) is 4.13. The lowest BCUT2D eigenvalue weighted by Crippen LogP contribution is -2.35. The molecule has 6 heteroatoms. The van der Waals surface area contributed by atoms with Gasteiger partial charge in [0.2, 0.25) is 5.91 Å². The number of aromatic nitrogens is 2. The Morgan fingerprint density at radius 3 is 2.62 bits per heavy atom. The molecule has 2 aromatic heterocycles. The molecule has 1 aliphatic heterocycles. The Kier molecular flexibility index (Phi) is 4.79. The second kappa shape index (κ2) is 7.59. The van der Waals surface area contributed by atoms with Crippen molar-refractivity contribution in [2.45, 2.75) is 12.8 Å². The minimum Gasteiger partial charge on any atom is -0.361 e. The number of piperidine rings is 1. The van der Waals surface area contributed by atoms with Gasteiger partial charge in [0.05, 0.1) is 11.6 Å². The quantitative estimate of drug-likeness (QED) is 0.671. The first-order valence-corrected chi connectivity index (χ1v) is 11.0. The average molecular weight is 405 g/mol. The van der Waals surface area contributed by atoms with Crippen molar-refractivity contribution in [2.24, 2.45) is 17.8 Å². The van der Waals surface area contributed by atoms with Gasteiger partial charge in [0, 0.05) is 31.2 Å². The Labute approximate surface area is 174 Å². The molecule has 148 valence electrons. The first-order valence-electron chi connectivity index (χ1n) is 10.2. The van der Waals surface area contributed by atoms with Crippen molar-refractivity contribution < 1.29 is 4.79 Å². The molecule has 2 fully saturated rings. The van der Waals surface area contributed by atoms with Crippen LogP contribution in [0.15, 0.2) is 60.1 Å². The number of carbonyl (C=O) groups excluding carboxylic acids is 1. The van der Waals surface area contributed by atoms with E-state index in [-0.39, 0.29) is 11.8 Å². The first kappa shape index (κ1) is 18.3. The maximum Gasteiger partial charge on any atom is 0.229 e. The number of thiazole rings is 1. The summed E-state index contributed by atoms with van der Waals surface area (Å²) < 4.78 is 0. The standard InChI is InChI=1S/C23H24N4OS/c1-15(16-7-3-2-4-8-16)22(28)27-12-18-17(19(18)13-27)11-25-23-26-21(14-29-23)20-9-5-6-10-24-20/h2-10,14-15,17-19H,11-13H2,1H3,(H,25,26)/t15?,17?,18-,19+. The number of likely N-dealkylation sites (tertiary alicyclic amines) is 1. The zero-order valence-corrected chi connectivity index (χ0v) is 17.2. The van der Waals surface area contributed by atoms with Crippen molar-refractivity contribution in [3.05, 3.63) is 65.7 Å². The van der Waals surface area contributed by atoms with E-state index in [0.29, 0.717) is 17.8 Å². The van der Waals surface area contributed by atoms with Crippen LogP contribution >= 0.6 is 11.3 Å². The fraction of sp³-hybridized carbons (Fsp3) is 0.348. The van der Waals surface area contributed by atoms with E-state index in [1.807, 2.05) is 60.8 Å². The van der Waals surface area contributed by atoms with Crippen LogP contribution in [0.3, 0.4) is 0 Å². The number of carbonyl (C=O) groups is 1. The number of nitrogens with one attached hydrogen (secondary N) is 1. The molecule has 1 N–H and O–H groups in total. The molecule has 1 amide bonds. The van der Waals surface area contributed by atoms with Gasteiger partial charge in [0.15, 0.2) is 5.13 Å². The molecule has 3 aromatic rings. The summed E-state index contributed by atoms with van der Waals surface area (Å²) in [6.07, 6.45) is 1.79. The third kappa shape index (κ3) is 3.65. The van der Waals surface area contributed by atoms with Gasteiger partial charge < -0.3 is 10.2 Å². The highest BCUT2D eigenvalue weighted by atomic mass is 32.1. The lowest BCUT2D eigenvalue weighted by molar-refractivity contribution is -0.132. The molecule has 0 bridgehead atoms. The summed E-state index contributed by atoms with van der Waals surface area (Å²) in [4.78, 5) is 23.9. The number of pyridine rings is 1. The van der Waals surface area contributed by atoms with Gasteiger partial charge in [-0.25, -0.2) is 4.98 Å². The fourth-order valence-corrected chi connectivity index (χ4v) is 5.20. The van der Waals surface area contributed by atoms with E-state index in [4.69, 9.17) is 0 Å². The molecule has 5 nitrogen and oxygen atoms in total. The van der Waals surface area contributed by atoms with Crippen LogP contribution in [0.25, 0.3) is 11.4 Å². The van der Waals surface area contributed by atoms with Crippen LogP contribution in [0.4, 0.5) is 5.13 Å². The summed E-state index contributed by atoms with van der Waals surface area (Å²) in [5, 5.41) is 6.49. The van der Waals surface area contributed by atoms with Gasteiger partial charge in [0.25, 0.3) is 0 Å². The number of anilines is 1. The van der Waals surface area contributed by atoms with E-state index >= 15 is 0 Å². The number of fused-ring (bicyclic) bond motifs is 1. The topological polar surface area (TPSA) is 58.1 Å². The molecular weight excluding hydrogens is 380 g/mol. The molecule has 1 saturated heterocycles.